The van der Waals surface area contributed by atoms with E-state index in [2.05, 4.69) is 18.2 Å². The molecule has 0 heterocycles. The Hall–Kier alpha value is -1.08. The maximum Gasteiger partial charge on any atom is 0.0859 e. The van der Waals surface area contributed by atoms with Crippen molar-refractivity contribution in [2.45, 2.75) is 25.4 Å². The molecule has 0 unspecified atom stereocenters. The Morgan fingerprint density at radius 2 is 1.92 bits per heavy atom. The summed E-state index contributed by atoms with van der Waals surface area (Å²) in [6.07, 6.45) is 3.90. The third-order valence-corrected chi connectivity index (χ3v) is 2.64. The molecule has 1 aromatic rings. The minimum atomic E-state index is -0.476. The smallest absolute Gasteiger partial charge is 0.0859 e. The van der Waals surface area contributed by atoms with Crippen LogP contribution >= 0.6 is 0 Å². The van der Waals surface area contributed by atoms with E-state index in [4.69, 9.17) is 0 Å². The zero-order valence-corrected chi connectivity index (χ0v) is 7.83. The fraction of sp³-hybridized carbons (Fsp3) is 0.333. The van der Waals surface area contributed by atoms with Crippen molar-refractivity contribution in [2.75, 3.05) is 0 Å². The Balaban J connectivity index is 2.21. The van der Waals surface area contributed by atoms with E-state index in [1.165, 1.54) is 5.56 Å². The van der Waals surface area contributed by atoms with Gasteiger partial charge in [0.1, 0.15) is 0 Å². The SMILES string of the molecule is C/C(=C/c1ccccc1)C1(O)CC1. The number of aliphatic hydroxyl groups is 1. The molecular formula is C12H14O. The Bertz CT molecular complexity index is 320. The van der Waals surface area contributed by atoms with Crippen LogP contribution < -0.4 is 0 Å². The lowest BCUT2D eigenvalue weighted by Gasteiger charge is -2.07. The van der Waals surface area contributed by atoms with Gasteiger partial charge in [-0.1, -0.05) is 36.4 Å². The fourth-order valence-electron chi connectivity index (χ4n) is 1.45. The van der Waals surface area contributed by atoms with Crippen molar-refractivity contribution in [1.82, 2.24) is 0 Å². The second kappa shape index (κ2) is 3.00. The van der Waals surface area contributed by atoms with Crippen molar-refractivity contribution >= 4 is 6.08 Å². The van der Waals surface area contributed by atoms with Crippen LogP contribution in [-0.2, 0) is 0 Å². The lowest BCUT2D eigenvalue weighted by atomic mass is 10.1. The first-order chi connectivity index (χ1) is 6.21. The maximum atomic E-state index is 9.79. The molecule has 0 aliphatic heterocycles. The Kier molecular flexibility index (Phi) is 1.97. The van der Waals surface area contributed by atoms with E-state index in [-0.39, 0.29) is 0 Å². The van der Waals surface area contributed by atoms with Crippen molar-refractivity contribution in [3.63, 3.8) is 0 Å². The molecule has 0 radical (unpaired) electrons. The van der Waals surface area contributed by atoms with Gasteiger partial charge in [-0.15, -0.1) is 0 Å². The minimum Gasteiger partial charge on any atom is -0.386 e. The van der Waals surface area contributed by atoms with Gasteiger partial charge in [-0.25, -0.2) is 0 Å². The van der Waals surface area contributed by atoms with Gasteiger partial charge in [0.2, 0.25) is 0 Å². The lowest BCUT2D eigenvalue weighted by molar-refractivity contribution is 0.190. The summed E-state index contributed by atoms with van der Waals surface area (Å²) in [6.45, 7) is 2.00. The highest BCUT2D eigenvalue weighted by atomic mass is 16.3. The molecule has 1 saturated carbocycles. The zero-order chi connectivity index (χ0) is 9.31. The molecule has 68 valence electrons. The van der Waals surface area contributed by atoms with Gasteiger partial charge in [0, 0.05) is 0 Å². The van der Waals surface area contributed by atoms with Gasteiger partial charge >= 0.3 is 0 Å². The lowest BCUT2D eigenvalue weighted by Crippen LogP contribution is -2.07. The minimum absolute atomic E-state index is 0.476. The number of hydrogen-bond donors (Lipinski definition) is 1. The van der Waals surface area contributed by atoms with Crippen LogP contribution in [0.4, 0.5) is 0 Å². The summed E-state index contributed by atoms with van der Waals surface area (Å²) in [5.74, 6) is 0. The summed E-state index contributed by atoms with van der Waals surface area (Å²) in [7, 11) is 0. The highest BCUT2D eigenvalue weighted by Crippen LogP contribution is 2.42. The molecule has 13 heavy (non-hydrogen) atoms. The number of rotatable bonds is 2. The number of hydrogen-bond acceptors (Lipinski definition) is 1. The van der Waals surface area contributed by atoms with Crippen molar-refractivity contribution in [2.24, 2.45) is 0 Å². The molecule has 0 spiro atoms. The molecule has 1 N–H and O–H groups in total. The molecule has 0 amide bonds. The first-order valence-corrected chi connectivity index (χ1v) is 4.67. The van der Waals surface area contributed by atoms with Crippen LogP contribution in [0.3, 0.4) is 0 Å². The highest BCUT2D eigenvalue weighted by molar-refractivity contribution is 5.55. The van der Waals surface area contributed by atoms with Crippen LogP contribution in [0.1, 0.15) is 25.3 Å². The molecule has 1 aliphatic carbocycles. The van der Waals surface area contributed by atoms with Crippen molar-refractivity contribution in [3.05, 3.63) is 41.5 Å². The quantitative estimate of drug-likeness (QED) is 0.730. The molecule has 0 bridgehead atoms. The molecule has 0 aromatic heterocycles. The summed E-state index contributed by atoms with van der Waals surface area (Å²) >= 11 is 0. The van der Waals surface area contributed by atoms with Crippen molar-refractivity contribution in [1.29, 1.82) is 0 Å². The third-order valence-electron chi connectivity index (χ3n) is 2.64. The maximum absolute atomic E-state index is 9.79. The third kappa shape index (κ3) is 1.81. The largest absolute Gasteiger partial charge is 0.386 e. The Labute approximate surface area is 78.7 Å². The first kappa shape index (κ1) is 8.52. The molecule has 0 saturated heterocycles. The van der Waals surface area contributed by atoms with Crippen LogP contribution in [-0.4, -0.2) is 10.7 Å². The van der Waals surface area contributed by atoms with E-state index in [9.17, 15) is 5.11 Å². The zero-order valence-electron chi connectivity index (χ0n) is 7.83. The standard InChI is InChI=1S/C12H14O/c1-10(12(13)7-8-12)9-11-5-3-2-4-6-11/h2-6,9,13H,7-8H2,1H3/b10-9-. The molecular weight excluding hydrogens is 160 g/mol. The monoisotopic (exact) mass is 174 g/mol. The summed E-state index contributed by atoms with van der Waals surface area (Å²) in [5, 5.41) is 9.79. The van der Waals surface area contributed by atoms with E-state index in [1.807, 2.05) is 25.1 Å². The van der Waals surface area contributed by atoms with Crippen LogP contribution in [0.25, 0.3) is 6.08 Å². The van der Waals surface area contributed by atoms with E-state index >= 15 is 0 Å². The molecule has 0 atom stereocenters. The van der Waals surface area contributed by atoms with E-state index in [1.54, 1.807) is 0 Å². The summed E-state index contributed by atoms with van der Waals surface area (Å²) in [6, 6.07) is 10.1. The topological polar surface area (TPSA) is 20.2 Å². The van der Waals surface area contributed by atoms with Crippen LogP contribution in [0.5, 0.6) is 0 Å². The summed E-state index contributed by atoms with van der Waals surface area (Å²) < 4.78 is 0. The summed E-state index contributed by atoms with van der Waals surface area (Å²) in [5.41, 5.74) is 1.77. The predicted octanol–water partition coefficient (Wildman–Crippen LogP) is 2.61. The average Bonchev–Trinajstić information content (AvgIpc) is 2.87. The fourth-order valence-corrected chi connectivity index (χ4v) is 1.45. The van der Waals surface area contributed by atoms with Crippen molar-refractivity contribution < 1.29 is 5.11 Å². The van der Waals surface area contributed by atoms with E-state index in [0.717, 1.165) is 18.4 Å². The van der Waals surface area contributed by atoms with Gasteiger partial charge < -0.3 is 5.11 Å². The molecule has 1 heteroatoms. The molecule has 1 aliphatic rings. The van der Waals surface area contributed by atoms with Crippen LogP contribution in [0.2, 0.25) is 0 Å². The average molecular weight is 174 g/mol. The van der Waals surface area contributed by atoms with Gasteiger partial charge in [0.15, 0.2) is 0 Å². The molecule has 2 rings (SSSR count). The van der Waals surface area contributed by atoms with Gasteiger partial charge in [-0.05, 0) is 30.9 Å². The van der Waals surface area contributed by atoms with E-state index < -0.39 is 5.60 Å². The second-order valence-electron chi connectivity index (χ2n) is 3.77. The van der Waals surface area contributed by atoms with Crippen LogP contribution in [0, 0.1) is 0 Å². The van der Waals surface area contributed by atoms with Crippen molar-refractivity contribution in [3.8, 4) is 0 Å². The highest BCUT2D eigenvalue weighted by Gasteiger charge is 2.41. The van der Waals surface area contributed by atoms with Crippen LogP contribution in [0.15, 0.2) is 35.9 Å². The molecule has 1 fully saturated rings. The number of benzene rings is 1. The summed E-state index contributed by atoms with van der Waals surface area (Å²) in [4.78, 5) is 0. The van der Waals surface area contributed by atoms with Gasteiger partial charge in [0.25, 0.3) is 0 Å². The van der Waals surface area contributed by atoms with Gasteiger partial charge in [-0.2, -0.15) is 0 Å². The Morgan fingerprint density at radius 1 is 1.31 bits per heavy atom. The second-order valence-corrected chi connectivity index (χ2v) is 3.77. The predicted molar refractivity (Wildman–Crippen MR) is 54.3 cm³/mol. The molecule has 1 nitrogen and oxygen atoms in total. The van der Waals surface area contributed by atoms with Gasteiger partial charge in [-0.3, -0.25) is 0 Å². The first-order valence-electron chi connectivity index (χ1n) is 4.67. The normalized spacial score (nSPS) is 20.0. The van der Waals surface area contributed by atoms with Gasteiger partial charge in [0.05, 0.1) is 5.60 Å². The van der Waals surface area contributed by atoms with E-state index in [0.29, 0.717) is 0 Å². The molecule has 1 aromatic carbocycles. The Morgan fingerprint density at radius 3 is 2.46 bits per heavy atom.